The van der Waals surface area contributed by atoms with Crippen molar-refractivity contribution in [2.45, 2.75) is 39.5 Å². The van der Waals surface area contributed by atoms with Gasteiger partial charge in [0.2, 0.25) is 5.91 Å². The van der Waals surface area contributed by atoms with Gasteiger partial charge in [-0.15, -0.1) is 0 Å². The zero-order chi connectivity index (χ0) is 11.1. The van der Waals surface area contributed by atoms with Crippen LogP contribution in [0.5, 0.6) is 0 Å². The van der Waals surface area contributed by atoms with Crippen LogP contribution in [0.25, 0.3) is 0 Å². The summed E-state index contributed by atoms with van der Waals surface area (Å²) in [5.41, 5.74) is 0. The van der Waals surface area contributed by atoms with Gasteiger partial charge in [-0.2, -0.15) is 0 Å². The van der Waals surface area contributed by atoms with Crippen LogP contribution in [-0.2, 0) is 9.53 Å². The predicted molar refractivity (Wildman–Crippen MR) is 60.7 cm³/mol. The summed E-state index contributed by atoms with van der Waals surface area (Å²) in [7, 11) is 0. The molecular weight excluding hydrogens is 190 g/mol. The molecule has 1 amide bonds. The van der Waals surface area contributed by atoms with Gasteiger partial charge in [-0.25, -0.2) is 0 Å². The van der Waals surface area contributed by atoms with E-state index in [0.717, 1.165) is 32.4 Å². The summed E-state index contributed by atoms with van der Waals surface area (Å²) < 4.78 is 5.25. The molecule has 15 heavy (non-hydrogen) atoms. The zero-order valence-electron chi connectivity index (χ0n) is 10.00. The molecule has 0 saturated carbocycles. The zero-order valence-corrected chi connectivity index (χ0v) is 10.00. The molecule has 0 spiro atoms. The summed E-state index contributed by atoms with van der Waals surface area (Å²) in [5.74, 6) is 0.581. The Morgan fingerprint density at radius 1 is 1.33 bits per heavy atom. The third-order valence-electron chi connectivity index (χ3n) is 3.07. The molecule has 1 fully saturated rings. The van der Waals surface area contributed by atoms with Gasteiger partial charge in [0.25, 0.3) is 0 Å². The topological polar surface area (TPSA) is 29.5 Å². The number of rotatable bonds is 5. The van der Waals surface area contributed by atoms with E-state index in [1.54, 1.807) is 0 Å². The molecule has 0 N–H and O–H groups in total. The van der Waals surface area contributed by atoms with Crippen molar-refractivity contribution in [3.63, 3.8) is 0 Å². The minimum Gasteiger partial charge on any atom is -0.378 e. The number of hydrogen-bond acceptors (Lipinski definition) is 2. The van der Waals surface area contributed by atoms with Crippen molar-refractivity contribution in [3.05, 3.63) is 0 Å². The van der Waals surface area contributed by atoms with Crippen LogP contribution < -0.4 is 0 Å². The Morgan fingerprint density at radius 2 is 2.00 bits per heavy atom. The Morgan fingerprint density at radius 3 is 2.53 bits per heavy atom. The highest BCUT2D eigenvalue weighted by molar-refractivity contribution is 5.78. The molecule has 1 aliphatic heterocycles. The maximum absolute atomic E-state index is 12.1. The fourth-order valence-electron chi connectivity index (χ4n) is 1.99. The monoisotopic (exact) mass is 213 g/mol. The van der Waals surface area contributed by atoms with Crippen molar-refractivity contribution in [3.8, 4) is 0 Å². The van der Waals surface area contributed by atoms with E-state index in [-0.39, 0.29) is 5.92 Å². The van der Waals surface area contributed by atoms with E-state index < -0.39 is 0 Å². The Kier molecular flexibility index (Phi) is 5.69. The number of amides is 1. The maximum Gasteiger partial charge on any atom is 0.225 e. The number of morpholine rings is 1. The van der Waals surface area contributed by atoms with Gasteiger partial charge in [0, 0.05) is 19.0 Å². The highest BCUT2D eigenvalue weighted by Gasteiger charge is 2.23. The van der Waals surface area contributed by atoms with Crippen molar-refractivity contribution in [2.24, 2.45) is 5.92 Å². The number of ether oxygens (including phenoxy) is 1. The first kappa shape index (κ1) is 12.5. The summed E-state index contributed by atoms with van der Waals surface area (Å²) in [6.07, 6.45) is 4.35. The van der Waals surface area contributed by atoms with Crippen LogP contribution >= 0.6 is 0 Å². The van der Waals surface area contributed by atoms with Crippen LogP contribution in [0.4, 0.5) is 0 Å². The fourth-order valence-corrected chi connectivity index (χ4v) is 1.99. The molecule has 88 valence electrons. The smallest absolute Gasteiger partial charge is 0.225 e. The van der Waals surface area contributed by atoms with E-state index in [0.29, 0.717) is 19.1 Å². The van der Waals surface area contributed by atoms with E-state index in [9.17, 15) is 4.79 Å². The molecule has 1 aliphatic rings. The summed E-state index contributed by atoms with van der Waals surface area (Å²) in [6.45, 7) is 7.25. The molecule has 1 heterocycles. The molecule has 0 radical (unpaired) electrons. The lowest BCUT2D eigenvalue weighted by atomic mass is 9.97. The second kappa shape index (κ2) is 6.83. The third kappa shape index (κ3) is 3.82. The second-order valence-corrected chi connectivity index (χ2v) is 4.19. The lowest BCUT2D eigenvalue weighted by Crippen LogP contribution is -2.43. The third-order valence-corrected chi connectivity index (χ3v) is 3.07. The molecule has 0 aromatic rings. The van der Waals surface area contributed by atoms with Crippen molar-refractivity contribution in [1.82, 2.24) is 4.90 Å². The molecule has 3 heteroatoms. The number of carbonyl (C=O) groups is 1. The second-order valence-electron chi connectivity index (χ2n) is 4.19. The van der Waals surface area contributed by atoms with E-state index in [2.05, 4.69) is 13.8 Å². The number of unbranched alkanes of at least 4 members (excludes halogenated alkanes) is 1. The molecule has 1 rings (SSSR count). The van der Waals surface area contributed by atoms with Crippen molar-refractivity contribution in [1.29, 1.82) is 0 Å². The molecular formula is C12H23NO2. The first-order valence-electron chi connectivity index (χ1n) is 6.16. The normalized spacial score (nSPS) is 18.9. The summed E-state index contributed by atoms with van der Waals surface area (Å²) in [4.78, 5) is 14.1. The molecule has 1 atom stereocenters. The molecule has 0 aromatic carbocycles. The van der Waals surface area contributed by atoms with Crippen LogP contribution in [0.1, 0.15) is 39.5 Å². The van der Waals surface area contributed by atoms with Gasteiger partial charge in [0.15, 0.2) is 0 Å². The lowest BCUT2D eigenvalue weighted by Gasteiger charge is -2.30. The van der Waals surface area contributed by atoms with Crippen LogP contribution in [0.15, 0.2) is 0 Å². The summed E-state index contributed by atoms with van der Waals surface area (Å²) >= 11 is 0. The molecule has 1 unspecified atom stereocenters. The number of nitrogens with zero attached hydrogens (tertiary/aromatic N) is 1. The Hall–Kier alpha value is -0.570. The molecule has 0 aromatic heterocycles. The molecule has 1 saturated heterocycles. The van der Waals surface area contributed by atoms with Gasteiger partial charge in [-0.3, -0.25) is 4.79 Å². The van der Waals surface area contributed by atoms with Gasteiger partial charge >= 0.3 is 0 Å². The first-order valence-corrected chi connectivity index (χ1v) is 6.16. The Labute approximate surface area is 92.8 Å². The lowest BCUT2D eigenvalue weighted by molar-refractivity contribution is -0.140. The summed E-state index contributed by atoms with van der Waals surface area (Å²) in [5, 5.41) is 0. The SMILES string of the molecule is CCCCC(CC)C(=O)N1CCOCC1. The fraction of sp³-hybridized carbons (Fsp3) is 0.917. The average Bonchev–Trinajstić information content (AvgIpc) is 2.31. The molecule has 0 aliphatic carbocycles. The van der Waals surface area contributed by atoms with Crippen molar-refractivity contribution in [2.75, 3.05) is 26.3 Å². The summed E-state index contributed by atoms with van der Waals surface area (Å²) in [6, 6.07) is 0. The van der Waals surface area contributed by atoms with Crippen LogP contribution in [0.2, 0.25) is 0 Å². The molecule has 3 nitrogen and oxygen atoms in total. The van der Waals surface area contributed by atoms with Gasteiger partial charge in [-0.05, 0) is 12.8 Å². The van der Waals surface area contributed by atoms with E-state index >= 15 is 0 Å². The van der Waals surface area contributed by atoms with Crippen LogP contribution in [0.3, 0.4) is 0 Å². The maximum atomic E-state index is 12.1. The Balaban J connectivity index is 2.40. The van der Waals surface area contributed by atoms with E-state index in [1.165, 1.54) is 6.42 Å². The average molecular weight is 213 g/mol. The van der Waals surface area contributed by atoms with Crippen LogP contribution in [-0.4, -0.2) is 37.1 Å². The van der Waals surface area contributed by atoms with Crippen LogP contribution in [0, 0.1) is 5.92 Å². The van der Waals surface area contributed by atoms with E-state index in [1.807, 2.05) is 4.90 Å². The van der Waals surface area contributed by atoms with E-state index in [4.69, 9.17) is 4.74 Å². The minimum atomic E-state index is 0.239. The van der Waals surface area contributed by atoms with Gasteiger partial charge in [0.1, 0.15) is 0 Å². The van der Waals surface area contributed by atoms with Crippen molar-refractivity contribution >= 4 is 5.91 Å². The predicted octanol–water partition coefficient (Wildman–Crippen LogP) is 2.06. The largest absolute Gasteiger partial charge is 0.378 e. The first-order chi connectivity index (χ1) is 7.29. The minimum absolute atomic E-state index is 0.239. The molecule has 0 bridgehead atoms. The number of hydrogen-bond donors (Lipinski definition) is 0. The quantitative estimate of drug-likeness (QED) is 0.699. The van der Waals surface area contributed by atoms with Gasteiger partial charge in [0.05, 0.1) is 13.2 Å². The number of carbonyl (C=O) groups excluding carboxylic acids is 1. The highest BCUT2D eigenvalue weighted by atomic mass is 16.5. The highest BCUT2D eigenvalue weighted by Crippen LogP contribution is 2.16. The van der Waals surface area contributed by atoms with Gasteiger partial charge in [-0.1, -0.05) is 26.7 Å². The van der Waals surface area contributed by atoms with Gasteiger partial charge < -0.3 is 9.64 Å². The Bertz CT molecular complexity index is 188. The van der Waals surface area contributed by atoms with Crippen molar-refractivity contribution < 1.29 is 9.53 Å². The standard InChI is InChI=1S/C12H23NO2/c1-3-5-6-11(4-2)12(14)13-7-9-15-10-8-13/h11H,3-10H2,1-2H3.